The first-order chi connectivity index (χ1) is 12.5. The fourth-order valence-electron chi connectivity index (χ4n) is 3.30. The number of carbonyl (C=O) groups is 2. The minimum atomic E-state index is -0.514. The maximum atomic E-state index is 13.2. The molecule has 0 radical (unpaired) electrons. The largest absolute Gasteiger partial charge is 0.327 e. The van der Waals surface area contributed by atoms with Crippen LogP contribution < -0.4 is 10.2 Å². The number of rotatable bonds is 2. The molecule has 2 heterocycles. The zero-order valence-corrected chi connectivity index (χ0v) is 15.5. The summed E-state index contributed by atoms with van der Waals surface area (Å²) < 4.78 is 14.1. The Morgan fingerprint density at radius 1 is 1.08 bits per heavy atom. The van der Waals surface area contributed by atoms with Crippen molar-refractivity contribution in [2.45, 2.75) is 6.04 Å². The Bertz CT molecular complexity index is 925. The summed E-state index contributed by atoms with van der Waals surface area (Å²) in [6.45, 7) is 0.275. The predicted octanol–water partition coefficient (Wildman–Crippen LogP) is 3.59. The fourth-order valence-corrected chi connectivity index (χ4v) is 3.57. The first kappa shape index (κ1) is 16.8. The molecule has 4 rings (SSSR count). The molecule has 1 unspecified atom stereocenters. The van der Waals surface area contributed by atoms with E-state index in [-0.39, 0.29) is 24.3 Å². The lowest BCUT2D eigenvalue weighted by Gasteiger charge is -2.31. The van der Waals surface area contributed by atoms with Gasteiger partial charge in [-0.2, -0.15) is 0 Å². The molecule has 0 saturated carbocycles. The molecule has 2 aliphatic heterocycles. The Morgan fingerprint density at radius 3 is 2.38 bits per heavy atom. The average Bonchev–Trinajstić information content (AvgIpc) is 2.97. The van der Waals surface area contributed by atoms with Crippen LogP contribution in [0.25, 0.3) is 0 Å². The molecule has 2 aromatic rings. The molecular formula is C19H15BrFN3O2. The molecule has 0 saturated heterocycles. The van der Waals surface area contributed by atoms with Crippen LogP contribution in [0.1, 0.15) is 11.6 Å². The summed E-state index contributed by atoms with van der Waals surface area (Å²) in [6, 6.07) is 12.5. The normalized spacial score (nSPS) is 19.7. The topological polar surface area (TPSA) is 52.7 Å². The smallest absolute Gasteiger partial charge is 0.322 e. The summed E-state index contributed by atoms with van der Waals surface area (Å²) in [5, 5.41) is 2.89. The van der Waals surface area contributed by atoms with Gasteiger partial charge in [0.2, 0.25) is 0 Å². The Balaban J connectivity index is 1.75. The van der Waals surface area contributed by atoms with E-state index in [1.807, 2.05) is 24.3 Å². The number of carbonyl (C=O) groups excluding carboxylic acids is 2. The fraction of sp³-hybridized carbons (Fsp3) is 0.158. The van der Waals surface area contributed by atoms with Crippen molar-refractivity contribution in [3.8, 4) is 0 Å². The van der Waals surface area contributed by atoms with E-state index < -0.39 is 6.04 Å². The first-order valence-electron chi connectivity index (χ1n) is 8.06. The minimum Gasteiger partial charge on any atom is -0.327 e. The molecule has 0 spiro atoms. The van der Waals surface area contributed by atoms with E-state index in [1.54, 1.807) is 24.1 Å². The summed E-state index contributed by atoms with van der Waals surface area (Å²) in [5.74, 6) is -0.550. The molecule has 0 aromatic heterocycles. The highest BCUT2D eigenvalue weighted by Crippen LogP contribution is 2.37. The standard InChI is InChI=1S/C19H15BrFN3O2/c1-23-15-10-24(14-8-6-13(21)7-9-14)18(25)16(15)17(22-19(23)26)11-2-4-12(20)5-3-11/h2-9,17H,10H2,1H3,(H,22,26). The van der Waals surface area contributed by atoms with Gasteiger partial charge in [0, 0.05) is 17.2 Å². The zero-order chi connectivity index (χ0) is 18.4. The Labute approximate surface area is 158 Å². The van der Waals surface area contributed by atoms with Gasteiger partial charge in [0.15, 0.2) is 0 Å². The lowest BCUT2D eigenvalue weighted by Crippen LogP contribution is -2.45. The number of hydrogen-bond acceptors (Lipinski definition) is 2. The van der Waals surface area contributed by atoms with Gasteiger partial charge in [0.05, 0.1) is 23.9 Å². The van der Waals surface area contributed by atoms with E-state index >= 15 is 0 Å². The number of amides is 3. The number of benzene rings is 2. The molecule has 2 aliphatic rings. The van der Waals surface area contributed by atoms with Crippen molar-refractivity contribution in [2.75, 3.05) is 18.5 Å². The van der Waals surface area contributed by atoms with Crippen LogP contribution in [0.5, 0.6) is 0 Å². The van der Waals surface area contributed by atoms with Crippen molar-refractivity contribution < 1.29 is 14.0 Å². The molecule has 1 N–H and O–H groups in total. The number of nitrogens with zero attached hydrogens (tertiary/aromatic N) is 2. The van der Waals surface area contributed by atoms with Crippen molar-refractivity contribution in [2.24, 2.45) is 0 Å². The van der Waals surface area contributed by atoms with E-state index in [2.05, 4.69) is 21.2 Å². The van der Waals surface area contributed by atoms with Gasteiger partial charge >= 0.3 is 6.03 Å². The van der Waals surface area contributed by atoms with Crippen molar-refractivity contribution >= 4 is 33.6 Å². The minimum absolute atomic E-state index is 0.189. The lowest BCUT2D eigenvalue weighted by molar-refractivity contribution is -0.114. The van der Waals surface area contributed by atoms with Gasteiger partial charge < -0.3 is 10.2 Å². The second-order valence-electron chi connectivity index (χ2n) is 6.22. The Kier molecular flexibility index (Phi) is 4.03. The molecule has 7 heteroatoms. The summed E-state index contributed by atoms with van der Waals surface area (Å²) >= 11 is 3.39. The van der Waals surface area contributed by atoms with Crippen LogP contribution in [0.3, 0.4) is 0 Å². The predicted molar refractivity (Wildman–Crippen MR) is 99.0 cm³/mol. The quantitative estimate of drug-likeness (QED) is 0.814. The first-order valence-corrected chi connectivity index (χ1v) is 8.85. The van der Waals surface area contributed by atoms with Gasteiger partial charge in [0.25, 0.3) is 5.91 Å². The molecule has 1 atom stereocenters. The lowest BCUT2D eigenvalue weighted by atomic mass is 9.96. The average molecular weight is 416 g/mol. The number of anilines is 1. The molecule has 0 fully saturated rings. The maximum absolute atomic E-state index is 13.2. The van der Waals surface area contributed by atoms with Crippen molar-refractivity contribution in [3.63, 3.8) is 0 Å². The third-order valence-corrected chi connectivity index (χ3v) is 5.23. The van der Waals surface area contributed by atoms with Crippen LogP contribution in [0.15, 0.2) is 64.3 Å². The summed E-state index contributed by atoms with van der Waals surface area (Å²) in [7, 11) is 1.64. The van der Waals surface area contributed by atoms with Crippen LogP contribution in [0, 0.1) is 5.82 Å². The van der Waals surface area contributed by atoms with E-state index in [1.165, 1.54) is 17.0 Å². The van der Waals surface area contributed by atoms with Gasteiger partial charge in [-0.15, -0.1) is 0 Å². The van der Waals surface area contributed by atoms with Crippen LogP contribution in [0.4, 0.5) is 14.9 Å². The van der Waals surface area contributed by atoms with Crippen LogP contribution >= 0.6 is 15.9 Å². The molecule has 2 aromatic carbocycles. The zero-order valence-electron chi connectivity index (χ0n) is 13.9. The van der Waals surface area contributed by atoms with Crippen LogP contribution in [-0.4, -0.2) is 30.4 Å². The van der Waals surface area contributed by atoms with E-state index in [9.17, 15) is 14.0 Å². The van der Waals surface area contributed by atoms with Gasteiger partial charge in [-0.1, -0.05) is 28.1 Å². The van der Waals surface area contributed by atoms with Crippen molar-refractivity contribution in [3.05, 3.63) is 75.7 Å². The second-order valence-corrected chi connectivity index (χ2v) is 7.14. The summed E-state index contributed by atoms with van der Waals surface area (Å²) in [5.41, 5.74) is 2.63. The third kappa shape index (κ3) is 2.68. The Morgan fingerprint density at radius 2 is 1.73 bits per heavy atom. The van der Waals surface area contributed by atoms with Crippen molar-refractivity contribution in [1.82, 2.24) is 10.2 Å². The van der Waals surface area contributed by atoms with Gasteiger partial charge in [-0.05, 0) is 42.0 Å². The van der Waals surface area contributed by atoms with Crippen LogP contribution in [-0.2, 0) is 4.79 Å². The molecule has 26 heavy (non-hydrogen) atoms. The number of nitrogens with one attached hydrogen (secondary N) is 1. The molecule has 5 nitrogen and oxygen atoms in total. The van der Waals surface area contributed by atoms with Gasteiger partial charge in [-0.3, -0.25) is 9.69 Å². The monoisotopic (exact) mass is 415 g/mol. The number of urea groups is 1. The molecule has 132 valence electrons. The molecule has 0 bridgehead atoms. The highest BCUT2D eigenvalue weighted by Gasteiger charge is 2.43. The van der Waals surface area contributed by atoms with E-state index in [0.717, 1.165) is 10.0 Å². The van der Waals surface area contributed by atoms with Crippen molar-refractivity contribution in [1.29, 1.82) is 0 Å². The molecular weight excluding hydrogens is 401 g/mol. The van der Waals surface area contributed by atoms with E-state index in [0.29, 0.717) is 17.0 Å². The second kappa shape index (κ2) is 6.25. The molecule has 3 amide bonds. The Hall–Kier alpha value is -2.67. The summed E-state index contributed by atoms with van der Waals surface area (Å²) in [6.07, 6.45) is 0. The number of hydrogen-bond donors (Lipinski definition) is 1. The maximum Gasteiger partial charge on any atom is 0.322 e. The van der Waals surface area contributed by atoms with Gasteiger partial charge in [-0.25, -0.2) is 9.18 Å². The highest BCUT2D eigenvalue weighted by molar-refractivity contribution is 9.10. The third-order valence-electron chi connectivity index (χ3n) is 4.70. The molecule has 0 aliphatic carbocycles. The van der Waals surface area contributed by atoms with Gasteiger partial charge in [0.1, 0.15) is 5.82 Å². The highest BCUT2D eigenvalue weighted by atomic mass is 79.9. The number of halogens is 2. The SMILES string of the molecule is CN1C(=O)NC(c2ccc(Br)cc2)C2=C1CN(c1ccc(F)cc1)C2=O. The van der Waals surface area contributed by atoms with Crippen LogP contribution in [0.2, 0.25) is 0 Å². The van der Waals surface area contributed by atoms with E-state index in [4.69, 9.17) is 0 Å². The summed E-state index contributed by atoms with van der Waals surface area (Å²) in [4.78, 5) is 28.5. The number of likely N-dealkylation sites (N-methyl/N-ethyl adjacent to an activating group) is 1.